The number of ether oxygens (including phenoxy) is 2. The third-order valence-electron chi connectivity index (χ3n) is 3.10. The lowest BCUT2D eigenvalue weighted by Gasteiger charge is -2.19. The van der Waals surface area contributed by atoms with E-state index in [0.29, 0.717) is 34.8 Å². The number of nitrogens with one attached hydrogen (secondary N) is 1. The zero-order valence-corrected chi connectivity index (χ0v) is 13.2. The summed E-state index contributed by atoms with van der Waals surface area (Å²) in [6.45, 7) is 1.75. The van der Waals surface area contributed by atoms with Gasteiger partial charge in [-0.25, -0.2) is 0 Å². The van der Waals surface area contributed by atoms with Crippen LogP contribution in [0.5, 0.6) is 11.5 Å². The molecule has 0 unspecified atom stereocenters. The highest BCUT2D eigenvalue weighted by Crippen LogP contribution is 2.34. The molecule has 0 aromatic heterocycles. The highest BCUT2D eigenvalue weighted by atomic mass is 35.5. The number of hydrogen-bond donors (Lipinski definition) is 1. The number of anilines is 1. The molecule has 0 amide bonds. The molecule has 3 nitrogen and oxygen atoms in total. The van der Waals surface area contributed by atoms with E-state index in [1.807, 2.05) is 18.2 Å². The van der Waals surface area contributed by atoms with Crippen molar-refractivity contribution < 1.29 is 9.47 Å². The van der Waals surface area contributed by atoms with Crippen LogP contribution < -0.4 is 14.8 Å². The summed E-state index contributed by atoms with van der Waals surface area (Å²) in [5, 5.41) is 4.66. The van der Waals surface area contributed by atoms with Crippen LogP contribution in [0.25, 0.3) is 0 Å². The quantitative estimate of drug-likeness (QED) is 0.792. The van der Waals surface area contributed by atoms with Gasteiger partial charge in [0.2, 0.25) is 0 Å². The third-order valence-corrected chi connectivity index (χ3v) is 4.13. The summed E-state index contributed by atoms with van der Waals surface area (Å²) < 4.78 is 11.0. The molecule has 0 saturated heterocycles. The minimum Gasteiger partial charge on any atom is -0.486 e. The maximum Gasteiger partial charge on any atom is 0.161 e. The molecule has 21 heavy (non-hydrogen) atoms. The SMILES string of the molecule is Clc1cc(Cl)c(NCc2ccc3c(c2)OCCO3)cc1Cl. The Kier molecular flexibility index (Phi) is 4.34. The molecule has 1 heterocycles. The summed E-state index contributed by atoms with van der Waals surface area (Å²) in [5.74, 6) is 1.54. The number of rotatable bonds is 3. The van der Waals surface area contributed by atoms with E-state index in [1.54, 1.807) is 12.1 Å². The van der Waals surface area contributed by atoms with E-state index in [4.69, 9.17) is 44.3 Å². The smallest absolute Gasteiger partial charge is 0.161 e. The fourth-order valence-corrected chi connectivity index (χ4v) is 2.67. The van der Waals surface area contributed by atoms with E-state index in [0.717, 1.165) is 22.7 Å². The first-order chi connectivity index (χ1) is 10.1. The van der Waals surface area contributed by atoms with E-state index in [-0.39, 0.29) is 0 Å². The van der Waals surface area contributed by atoms with E-state index in [9.17, 15) is 0 Å². The van der Waals surface area contributed by atoms with Gasteiger partial charge in [0.05, 0.1) is 20.8 Å². The van der Waals surface area contributed by atoms with Gasteiger partial charge >= 0.3 is 0 Å². The van der Waals surface area contributed by atoms with Gasteiger partial charge in [-0.05, 0) is 29.8 Å². The lowest BCUT2D eigenvalue weighted by atomic mass is 10.2. The van der Waals surface area contributed by atoms with Crippen molar-refractivity contribution in [2.45, 2.75) is 6.54 Å². The van der Waals surface area contributed by atoms with Gasteiger partial charge in [-0.15, -0.1) is 0 Å². The van der Waals surface area contributed by atoms with Crippen LogP contribution in [0, 0.1) is 0 Å². The van der Waals surface area contributed by atoms with Gasteiger partial charge in [0.25, 0.3) is 0 Å². The van der Waals surface area contributed by atoms with Crippen LogP contribution in [0.2, 0.25) is 15.1 Å². The van der Waals surface area contributed by atoms with Crippen LogP contribution in [0.1, 0.15) is 5.56 Å². The van der Waals surface area contributed by atoms with Gasteiger partial charge in [0.15, 0.2) is 11.5 Å². The number of benzene rings is 2. The van der Waals surface area contributed by atoms with E-state index in [2.05, 4.69) is 5.32 Å². The second-order valence-corrected chi connectivity index (χ2v) is 5.80. The molecule has 0 radical (unpaired) electrons. The Bertz CT molecular complexity index is 676. The molecule has 2 aromatic rings. The van der Waals surface area contributed by atoms with Crippen LogP contribution in [0.4, 0.5) is 5.69 Å². The zero-order chi connectivity index (χ0) is 14.8. The van der Waals surface area contributed by atoms with Gasteiger partial charge in [-0.3, -0.25) is 0 Å². The van der Waals surface area contributed by atoms with Crippen LogP contribution in [0.3, 0.4) is 0 Å². The number of hydrogen-bond acceptors (Lipinski definition) is 3. The molecular formula is C15H12Cl3NO2. The van der Waals surface area contributed by atoms with Gasteiger partial charge in [0.1, 0.15) is 13.2 Å². The fraction of sp³-hybridized carbons (Fsp3) is 0.200. The van der Waals surface area contributed by atoms with Crippen molar-refractivity contribution in [3.63, 3.8) is 0 Å². The molecule has 2 aromatic carbocycles. The molecule has 1 aliphatic heterocycles. The van der Waals surface area contributed by atoms with Crippen molar-refractivity contribution in [1.82, 2.24) is 0 Å². The van der Waals surface area contributed by atoms with Crippen LogP contribution >= 0.6 is 34.8 Å². The second kappa shape index (κ2) is 6.22. The largest absolute Gasteiger partial charge is 0.486 e. The molecule has 0 aliphatic carbocycles. The van der Waals surface area contributed by atoms with Crippen molar-refractivity contribution >= 4 is 40.5 Å². The first-order valence-corrected chi connectivity index (χ1v) is 7.54. The molecule has 1 N–H and O–H groups in total. The number of fused-ring (bicyclic) bond motifs is 1. The molecule has 110 valence electrons. The normalized spacial score (nSPS) is 13.1. The minimum absolute atomic E-state index is 0.437. The van der Waals surface area contributed by atoms with Crippen molar-refractivity contribution in [3.05, 3.63) is 51.0 Å². The maximum atomic E-state index is 6.13. The Labute approximate surface area is 137 Å². The molecule has 0 fully saturated rings. The van der Waals surface area contributed by atoms with Crippen LogP contribution in [-0.4, -0.2) is 13.2 Å². The summed E-state index contributed by atoms with van der Waals surface area (Å²) in [6, 6.07) is 9.17. The Morgan fingerprint density at radius 3 is 2.38 bits per heavy atom. The van der Waals surface area contributed by atoms with E-state index >= 15 is 0 Å². The first-order valence-electron chi connectivity index (χ1n) is 6.40. The topological polar surface area (TPSA) is 30.5 Å². The fourth-order valence-electron chi connectivity index (χ4n) is 2.05. The predicted molar refractivity (Wildman–Crippen MR) is 86.2 cm³/mol. The second-order valence-electron chi connectivity index (χ2n) is 4.58. The molecule has 3 rings (SSSR count). The molecule has 0 bridgehead atoms. The third kappa shape index (κ3) is 3.31. The van der Waals surface area contributed by atoms with E-state index in [1.165, 1.54) is 0 Å². The molecule has 6 heteroatoms. The lowest BCUT2D eigenvalue weighted by Crippen LogP contribution is -2.15. The van der Waals surface area contributed by atoms with Gasteiger partial charge in [0, 0.05) is 6.54 Å². The first kappa shape index (κ1) is 14.6. The van der Waals surface area contributed by atoms with Crippen LogP contribution in [-0.2, 0) is 6.54 Å². The van der Waals surface area contributed by atoms with Crippen molar-refractivity contribution in [2.75, 3.05) is 18.5 Å². The summed E-state index contributed by atoms with van der Waals surface area (Å²) in [7, 11) is 0. The Hall–Kier alpha value is -1.29. The minimum atomic E-state index is 0.437. The molecular weight excluding hydrogens is 333 g/mol. The average molecular weight is 345 g/mol. The monoisotopic (exact) mass is 343 g/mol. The van der Waals surface area contributed by atoms with Crippen molar-refractivity contribution in [3.8, 4) is 11.5 Å². The Morgan fingerprint density at radius 2 is 1.57 bits per heavy atom. The lowest BCUT2D eigenvalue weighted by molar-refractivity contribution is 0.171. The summed E-state index contributed by atoms with van der Waals surface area (Å²) >= 11 is 18.0. The average Bonchev–Trinajstić information content (AvgIpc) is 2.49. The summed E-state index contributed by atoms with van der Waals surface area (Å²) in [6.07, 6.45) is 0. The van der Waals surface area contributed by atoms with Gasteiger partial charge in [-0.1, -0.05) is 40.9 Å². The Balaban J connectivity index is 1.74. The zero-order valence-electron chi connectivity index (χ0n) is 11.0. The highest BCUT2D eigenvalue weighted by Gasteiger charge is 2.12. The van der Waals surface area contributed by atoms with E-state index < -0.39 is 0 Å². The van der Waals surface area contributed by atoms with Crippen LogP contribution in [0.15, 0.2) is 30.3 Å². The summed E-state index contributed by atoms with van der Waals surface area (Å²) in [4.78, 5) is 0. The van der Waals surface area contributed by atoms with Gasteiger partial charge in [-0.2, -0.15) is 0 Å². The predicted octanol–water partition coefficient (Wildman–Crippen LogP) is 5.03. The Morgan fingerprint density at radius 1 is 0.857 bits per heavy atom. The standard InChI is InChI=1S/C15H12Cl3NO2/c16-10-6-12(18)13(7-11(10)17)19-8-9-1-2-14-15(5-9)21-4-3-20-14/h1-2,5-7,19H,3-4,8H2. The molecule has 0 saturated carbocycles. The van der Waals surface area contributed by atoms with Crippen molar-refractivity contribution in [1.29, 1.82) is 0 Å². The molecule has 1 aliphatic rings. The molecule has 0 spiro atoms. The highest BCUT2D eigenvalue weighted by molar-refractivity contribution is 6.44. The van der Waals surface area contributed by atoms with Gasteiger partial charge < -0.3 is 14.8 Å². The van der Waals surface area contributed by atoms with Crippen molar-refractivity contribution in [2.24, 2.45) is 0 Å². The molecule has 0 atom stereocenters. The maximum absolute atomic E-state index is 6.13. The number of halogens is 3. The summed E-state index contributed by atoms with van der Waals surface area (Å²) in [5.41, 5.74) is 1.79.